The van der Waals surface area contributed by atoms with Crippen LogP contribution in [0.25, 0.3) is 0 Å². The molecule has 0 N–H and O–H groups in total. The number of carbonyl (C=O) groups is 1. The first-order valence-electron chi connectivity index (χ1n) is 5.85. The number of Topliss-reactive ketones (excluding diaryl/α,β-unsaturated/α-hetero) is 1. The molecule has 2 nitrogen and oxygen atoms in total. The lowest BCUT2D eigenvalue weighted by Gasteiger charge is -2.06. The van der Waals surface area contributed by atoms with Gasteiger partial charge in [0.05, 0.1) is 17.9 Å². The Labute approximate surface area is 135 Å². The van der Waals surface area contributed by atoms with Crippen LogP contribution in [0, 0.1) is 0 Å². The minimum Gasteiger partial charge on any atom is -0.495 e. The zero-order valence-corrected chi connectivity index (χ0v) is 13.9. The van der Waals surface area contributed by atoms with Gasteiger partial charge in [-0.2, -0.15) is 0 Å². The molecule has 0 saturated heterocycles. The zero-order valence-electron chi connectivity index (χ0n) is 10.7. The van der Waals surface area contributed by atoms with Crippen LogP contribution in [0.1, 0.15) is 10.4 Å². The summed E-state index contributed by atoms with van der Waals surface area (Å²) in [5.41, 5.74) is 0.598. The summed E-state index contributed by atoms with van der Waals surface area (Å²) in [6.07, 6.45) is 0. The average molecular weight is 372 g/mol. The summed E-state index contributed by atoms with van der Waals surface area (Å²) in [7, 11) is 1.55. The molecule has 0 bridgehead atoms. The van der Waals surface area contributed by atoms with E-state index < -0.39 is 0 Å². The van der Waals surface area contributed by atoms with Crippen LogP contribution in [0.15, 0.2) is 51.8 Å². The molecule has 0 aliphatic carbocycles. The summed E-state index contributed by atoms with van der Waals surface area (Å²) in [5, 5.41) is 0.451. The van der Waals surface area contributed by atoms with Crippen LogP contribution in [0.3, 0.4) is 0 Å². The van der Waals surface area contributed by atoms with Crippen molar-refractivity contribution in [2.75, 3.05) is 12.9 Å². The Bertz CT molecular complexity index is 614. The molecule has 0 radical (unpaired) electrons. The first-order chi connectivity index (χ1) is 9.60. The molecule has 0 aromatic heterocycles. The van der Waals surface area contributed by atoms with Gasteiger partial charge in [-0.3, -0.25) is 4.79 Å². The second-order valence-corrected chi connectivity index (χ2v) is 6.39. The highest BCUT2D eigenvalue weighted by Crippen LogP contribution is 2.26. The molecule has 2 rings (SSSR count). The van der Waals surface area contributed by atoms with E-state index in [0.717, 1.165) is 9.37 Å². The van der Waals surface area contributed by atoms with Crippen molar-refractivity contribution in [3.63, 3.8) is 0 Å². The highest BCUT2D eigenvalue weighted by atomic mass is 79.9. The van der Waals surface area contributed by atoms with Crippen molar-refractivity contribution < 1.29 is 9.53 Å². The average Bonchev–Trinajstić information content (AvgIpc) is 2.46. The molecule has 104 valence electrons. The van der Waals surface area contributed by atoms with Crippen molar-refractivity contribution in [3.8, 4) is 5.75 Å². The lowest BCUT2D eigenvalue weighted by molar-refractivity contribution is 0.102. The molecule has 5 heteroatoms. The normalized spacial score (nSPS) is 10.3. The molecule has 0 aliphatic heterocycles. The fraction of sp³-hybridized carbons (Fsp3) is 0.133. The number of thioether (sulfide) groups is 1. The number of rotatable bonds is 5. The van der Waals surface area contributed by atoms with Crippen molar-refractivity contribution in [1.82, 2.24) is 0 Å². The fourth-order valence-electron chi connectivity index (χ4n) is 1.60. The number of hydrogen-bond acceptors (Lipinski definition) is 3. The highest BCUT2D eigenvalue weighted by Gasteiger charge is 2.09. The van der Waals surface area contributed by atoms with E-state index >= 15 is 0 Å². The van der Waals surface area contributed by atoms with Gasteiger partial charge in [-0.15, -0.1) is 11.8 Å². The van der Waals surface area contributed by atoms with E-state index in [1.807, 2.05) is 24.3 Å². The Kier molecular flexibility index (Phi) is 5.52. The maximum atomic E-state index is 12.1. The standard InChI is InChI=1S/C15H12BrClO2S/c1-19-15-7-2-10(8-13(15)17)14(18)9-20-12-5-3-11(16)4-6-12/h2-8H,9H2,1H3. The Hall–Kier alpha value is -0.970. The summed E-state index contributed by atoms with van der Waals surface area (Å²) in [6.45, 7) is 0. The molecule has 2 aromatic carbocycles. The number of methoxy groups -OCH3 is 1. The van der Waals surface area contributed by atoms with E-state index in [2.05, 4.69) is 15.9 Å². The molecular formula is C15H12BrClO2S. The Balaban J connectivity index is 2.01. The lowest BCUT2D eigenvalue weighted by atomic mass is 10.1. The van der Waals surface area contributed by atoms with Gasteiger partial charge in [-0.25, -0.2) is 0 Å². The zero-order chi connectivity index (χ0) is 14.5. The molecule has 0 atom stereocenters. The third-order valence-corrected chi connectivity index (χ3v) is 4.49. The van der Waals surface area contributed by atoms with Gasteiger partial charge in [0.25, 0.3) is 0 Å². The molecule has 0 unspecified atom stereocenters. The fourth-order valence-corrected chi connectivity index (χ4v) is 2.92. The van der Waals surface area contributed by atoms with Gasteiger partial charge in [0.2, 0.25) is 0 Å². The monoisotopic (exact) mass is 370 g/mol. The van der Waals surface area contributed by atoms with E-state index in [-0.39, 0.29) is 5.78 Å². The number of benzene rings is 2. The molecule has 0 heterocycles. The van der Waals surface area contributed by atoms with Crippen LogP contribution >= 0.6 is 39.3 Å². The molecule has 0 aliphatic rings. The summed E-state index contributed by atoms with van der Waals surface area (Å²) in [6, 6.07) is 12.9. The predicted octanol–water partition coefficient (Wildman–Crippen LogP) is 5.09. The second kappa shape index (κ2) is 7.16. The van der Waals surface area contributed by atoms with Crippen molar-refractivity contribution >= 4 is 45.1 Å². The molecule has 20 heavy (non-hydrogen) atoms. The molecule has 2 aromatic rings. The highest BCUT2D eigenvalue weighted by molar-refractivity contribution is 9.10. The van der Waals surface area contributed by atoms with Gasteiger partial charge in [-0.05, 0) is 42.5 Å². The summed E-state index contributed by atoms with van der Waals surface area (Å²) < 4.78 is 6.09. The topological polar surface area (TPSA) is 26.3 Å². The van der Waals surface area contributed by atoms with Crippen LogP contribution in [0.5, 0.6) is 5.75 Å². The molecule has 0 fully saturated rings. The van der Waals surface area contributed by atoms with Gasteiger partial charge in [-0.1, -0.05) is 27.5 Å². The quantitative estimate of drug-likeness (QED) is 0.541. The lowest BCUT2D eigenvalue weighted by Crippen LogP contribution is -2.02. The molecule has 0 saturated carbocycles. The minimum atomic E-state index is 0.0440. The van der Waals surface area contributed by atoms with Gasteiger partial charge < -0.3 is 4.74 Å². The van der Waals surface area contributed by atoms with Crippen molar-refractivity contribution in [1.29, 1.82) is 0 Å². The molecular weight excluding hydrogens is 360 g/mol. The number of carbonyl (C=O) groups excluding carboxylic acids is 1. The maximum absolute atomic E-state index is 12.1. The van der Waals surface area contributed by atoms with E-state index in [0.29, 0.717) is 22.1 Å². The number of hydrogen-bond donors (Lipinski definition) is 0. The van der Waals surface area contributed by atoms with E-state index in [1.165, 1.54) is 11.8 Å². The van der Waals surface area contributed by atoms with Crippen LogP contribution < -0.4 is 4.74 Å². The van der Waals surface area contributed by atoms with Crippen LogP contribution in [0.4, 0.5) is 0 Å². The summed E-state index contributed by atoms with van der Waals surface area (Å²) in [4.78, 5) is 13.2. The molecule has 0 amide bonds. The first kappa shape index (κ1) is 15.4. The van der Waals surface area contributed by atoms with Crippen LogP contribution in [-0.2, 0) is 0 Å². The second-order valence-electron chi connectivity index (χ2n) is 4.02. The third kappa shape index (κ3) is 4.01. The number of ether oxygens (including phenoxy) is 1. The Morgan fingerprint density at radius 2 is 1.95 bits per heavy atom. The summed E-state index contributed by atoms with van der Waals surface area (Å²) in [5.74, 6) is 0.996. The third-order valence-electron chi connectivity index (χ3n) is 2.66. The minimum absolute atomic E-state index is 0.0440. The Morgan fingerprint density at radius 3 is 2.55 bits per heavy atom. The largest absolute Gasteiger partial charge is 0.495 e. The Morgan fingerprint density at radius 1 is 1.25 bits per heavy atom. The van der Waals surface area contributed by atoms with Crippen molar-refractivity contribution in [3.05, 3.63) is 57.5 Å². The van der Waals surface area contributed by atoms with E-state index in [1.54, 1.807) is 25.3 Å². The molecule has 0 spiro atoms. The van der Waals surface area contributed by atoms with Gasteiger partial charge >= 0.3 is 0 Å². The van der Waals surface area contributed by atoms with Crippen LogP contribution in [0.2, 0.25) is 5.02 Å². The van der Waals surface area contributed by atoms with E-state index in [4.69, 9.17) is 16.3 Å². The maximum Gasteiger partial charge on any atom is 0.173 e. The van der Waals surface area contributed by atoms with Crippen molar-refractivity contribution in [2.45, 2.75) is 4.90 Å². The first-order valence-corrected chi connectivity index (χ1v) is 8.01. The van der Waals surface area contributed by atoms with Gasteiger partial charge in [0.1, 0.15) is 5.75 Å². The van der Waals surface area contributed by atoms with E-state index in [9.17, 15) is 4.79 Å². The predicted molar refractivity (Wildman–Crippen MR) is 87.2 cm³/mol. The smallest absolute Gasteiger partial charge is 0.173 e. The van der Waals surface area contributed by atoms with Gasteiger partial charge in [0.15, 0.2) is 5.78 Å². The van der Waals surface area contributed by atoms with Crippen molar-refractivity contribution in [2.24, 2.45) is 0 Å². The number of ketones is 1. The van der Waals surface area contributed by atoms with Crippen LogP contribution in [-0.4, -0.2) is 18.6 Å². The summed E-state index contributed by atoms with van der Waals surface area (Å²) >= 11 is 10.9. The van der Waals surface area contributed by atoms with Gasteiger partial charge in [0, 0.05) is 14.9 Å². The SMILES string of the molecule is COc1ccc(C(=O)CSc2ccc(Br)cc2)cc1Cl. The number of halogens is 2.